The van der Waals surface area contributed by atoms with Gasteiger partial charge in [0.15, 0.2) is 0 Å². The zero-order chi connectivity index (χ0) is 12.0. The summed E-state index contributed by atoms with van der Waals surface area (Å²) in [6.07, 6.45) is 4.32. The number of nitrogens with two attached hydrogens (primary N) is 1. The maximum Gasteiger partial charge on any atom is 0.242 e. The van der Waals surface area contributed by atoms with Crippen molar-refractivity contribution in [2.75, 3.05) is 13.1 Å². The summed E-state index contributed by atoms with van der Waals surface area (Å²) in [6, 6.07) is -0.383. The van der Waals surface area contributed by atoms with Gasteiger partial charge in [0.25, 0.3) is 0 Å². The summed E-state index contributed by atoms with van der Waals surface area (Å²) in [5.41, 5.74) is 5.33. The van der Waals surface area contributed by atoms with Crippen molar-refractivity contribution in [1.29, 1.82) is 0 Å². The van der Waals surface area contributed by atoms with Crippen molar-refractivity contribution in [3.8, 4) is 0 Å². The molecule has 2 amide bonds. The molecule has 0 heterocycles. The molecule has 6 heteroatoms. The second-order valence-electron chi connectivity index (χ2n) is 4.30. The topological polar surface area (TPSA) is 84.2 Å². The third kappa shape index (κ3) is 5.37. The predicted octanol–water partition coefficient (Wildman–Crippen LogP) is 0.178. The van der Waals surface area contributed by atoms with Gasteiger partial charge in [-0.15, -0.1) is 12.4 Å². The Labute approximate surface area is 108 Å². The largest absolute Gasteiger partial charge is 0.353 e. The van der Waals surface area contributed by atoms with Crippen molar-refractivity contribution >= 4 is 24.2 Å². The highest BCUT2D eigenvalue weighted by Gasteiger charge is 2.30. The number of nitrogens with one attached hydrogen (secondary N) is 2. The molecule has 0 spiro atoms. The van der Waals surface area contributed by atoms with E-state index in [4.69, 9.17) is 5.73 Å². The molecular formula is C11H22ClN3O2. The van der Waals surface area contributed by atoms with Gasteiger partial charge in [0.05, 0.1) is 0 Å². The number of halogens is 1. The SMILES string of the molecule is CC(=O)NC(C(=O)NCCN)C1CCCC1.Cl. The zero-order valence-corrected chi connectivity index (χ0v) is 11.0. The average Bonchev–Trinajstić information content (AvgIpc) is 2.75. The minimum absolute atomic E-state index is 0. The number of rotatable bonds is 5. The Morgan fingerprint density at radius 1 is 1.35 bits per heavy atom. The third-order valence-corrected chi connectivity index (χ3v) is 2.96. The fourth-order valence-corrected chi connectivity index (χ4v) is 2.21. The highest BCUT2D eigenvalue weighted by molar-refractivity contribution is 5.87. The van der Waals surface area contributed by atoms with Crippen LogP contribution in [0.2, 0.25) is 0 Å². The molecule has 1 saturated carbocycles. The van der Waals surface area contributed by atoms with Gasteiger partial charge in [-0.05, 0) is 18.8 Å². The van der Waals surface area contributed by atoms with Crippen LogP contribution >= 0.6 is 12.4 Å². The first-order chi connectivity index (χ1) is 7.65. The summed E-state index contributed by atoms with van der Waals surface area (Å²) in [4.78, 5) is 22.9. The van der Waals surface area contributed by atoms with Crippen molar-refractivity contribution < 1.29 is 9.59 Å². The van der Waals surface area contributed by atoms with E-state index < -0.39 is 0 Å². The molecule has 0 aromatic heterocycles. The molecule has 0 aliphatic heterocycles. The maximum absolute atomic E-state index is 11.8. The van der Waals surface area contributed by atoms with Crippen molar-refractivity contribution in [1.82, 2.24) is 10.6 Å². The highest BCUT2D eigenvalue weighted by atomic mass is 35.5. The second kappa shape index (κ2) is 8.31. The van der Waals surface area contributed by atoms with Crippen LogP contribution in [-0.4, -0.2) is 30.9 Å². The normalized spacial score (nSPS) is 17.1. The lowest BCUT2D eigenvalue weighted by Gasteiger charge is -2.23. The van der Waals surface area contributed by atoms with Crippen LogP contribution in [0.5, 0.6) is 0 Å². The summed E-state index contributed by atoms with van der Waals surface area (Å²) in [7, 11) is 0. The Kier molecular flexibility index (Phi) is 7.91. The van der Waals surface area contributed by atoms with E-state index >= 15 is 0 Å². The first-order valence-corrected chi connectivity index (χ1v) is 5.90. The van der Waals surface area contributed by atoms with Crippen molar-refractivity contribution in [3.05, 3.63) is 0 Å². The molecule has 0 saturated heterocycles. The van der Waals surface area contributed by atoms with Crippen LogP contribution in [0.3, 0.4) is 0 Å². The smallest absolute Gasteiger partial charge is 0.242 e. The molecule has 1 fully saturated rings. The summed E-state index contributed by atoms with van der Waals surface area (Å²) in [5, 5.41) is 5.47. The Morgan fingerprint density at radius 2 is 1.94 bits per heavy atom. The van der Waals surface area contributed by atoms with Gasteiger partial charge in [0, 0.05) is 20.0 Å². The quantitative estimate of drug-likeness (QED) is 0.662. The van der Waals surface area contributed by atoms with Gasteiger partial charge in [0.1, 0.15) is 6.04 Å². The first kappa shape index (κ1) is 16.2. The Morgan fingerprint density at radius 3 is 2.41 bits per heavy atom. The van der Waals surface area contributed by atoms with Gasteiger partial charge in [-0.3, -0.25) is 9.59 Å². The summed E-state index contributed by atoms with van der Waals surface area (Å²) < 4.78 is 0. The average molecular weight is 264 g/mol. The molecular weight excluding hydrogens is 242 g/mol. The van der Waals surface area contributed by atoms with E-state index in [1.165, 1.54) is 6.92 Å². The number of hydrogen-bond acceptors (Lipinski definition) is 3. The van der Waals surface area contributed by atoms with E-state index in [0.29, 0.717) is 13.1 Å². The van der Waals surface area contributed by atoms with E-state index in [1.807, 2.05) is 0 Å². The van der Waals surface area contributed by atoms with Crippen molar-refractivity contribution in [3.63, 3.8) is 0 Å². The Balaban J connectivity index is 0.00000256. The van der Waals surface area contributed by atoms with Crippen LogP contribution in [0.4, 0.5) is 0 Å². The van der Waals surface area contributed by atoms with Gasteiger partial charge in [-0.2, -0.15) is 0 Å². The monoisotopic (exact) mass is 263 g/mol. The fraction of sp³-hybridized carbons (Fsp3) is 0.818. The predicted molar refractivity (Wildman–Crippen MR) is 68.9 cm³/mol. The van der Waals surface area contributed by atoms with E-state index in [1.54, 1.807) is 0 Å². The highest BCUT2D eigenvalue weighted by Crippen LogP contribution is 2.27. The number of amides is 2. The standard InChI is InChI=1S/C11H21N3O2.ClH/c1-8(15)14-10(9-4-2-3-5-9)11(16)13-7-6-12;/h9-10H,2-7,12H2,1H3,(H,13,16)(H,14,15);1H. The molecule has 0 aromatic carbocycles. The first-order valence-electron chi connectivity index (χ1n) is 5.90. The molecule has 0 radical (unpaired) electrons. The molecule has 17 heavy (non-hydrogen) atoms. The summed E-state index contributed by atoms with van der Waals surface area (Å²) in [5.74, 6) is 0.0222. The van der Waals surface area contributed by atoms with Gasteiger partial charge in [0.2, 0.25) is 11.8 Å². The number of hydrogen-bond donors (Lipinski definition) is 3. The molecule has 5 nitrogen and oxygen atoms in total. The molecule has 0 aromatic rings. The van der Waals surface area contributed by atoms with Crippen LogP contribution in [-0.2, 0) is 9.59 Å². The lowest BCUT2D eigenvalue weighted by molar-refractivity contribution is -0.129. The van der Waals surface area contributed by atoms with Crippen LogP contribution in [0.15, 0.2) is 0 Å². The lowest BCUT2D eigenvalue weighted by Crippen LogP contribution is -2.50. The van der Waals surface area contributed by atoms with Gasteiger partial charge in [-0.25, -0.2) is 0 Å². The molecule has 1 unspecified atom stereocenters. The van der Waals surface area contributed by atoms with Gasteiger partial charge >= 0.3 is 0 Å². The molecule has 1 rings (SSSR count). The zero-order valence-electron chi connectivity index (χ0n) is 10.2. The lowest BCUT2D eigenvalue weighted by atomic mass is 9.97. The summed E-state index contributed by atoms with van der Waals surface area (Å²) in [6.45, 7) is 2.32. The second-order valence-corrected chi connectivity index (χ2v) is 4.30. The van der Waals surface area contributed by atoms with Crippen LogP contribution in [0.25, 0.3) is 0 Å². The fourth-order valence-electron chi connectivity index (χ4n) is 2.21. The number of carbonyl (C=O) groups excluding carboxylic acids is 2. The van der Waals surface area contributed by atoms with Crippen LogP contribution in [0.1, 0.15) is 32.6 Å². The van der Waals surface area contributed by atoms with Gasteiger partial charge < -0.3 is 16.4 Å². The van der Waals surface area contributed by atoms with Crippen molar-refractivity contribution in [2.24, 2.45) is 11.7 Å². The molecule has 1 atom stereocenters. The van der Waals surface area contributed by atoms with E-state index in [-0.39, 0.29) is 36.2 Å². The molecule has 100 valence electrons. The van der Waals surface area contributed by atoms with E-state index in [0.717, 1.165) is 25.7 Å². The van der Waals surface area contributed by atoms with Gasteiger partial charge in [-0.1, -0.05) is 12.8 Å². The summed E-state index contributed by atoms with van der Waals surface area (Å²) >= 11 is 0. The molecule has 1 aliphatic carbocycles. The van der Waals surface area contributed by atoms with E-state index in [2.05, 4.69) is 10.6 Å². The molecule has 0 bridgehead atoms. The minimum atomic E-state index is -0.383. The van der Waals surface area contributed by atoms with E-state index in [9.17, 15) is 9.59 Å². The Bertz CT molecular complexity index is 255. The van der Waals surface area contributed by atoms with Crippen LogP contribution < -0.4 is 16.4 Å². The molecule has 4 N–H and O–H groups in total. The molecule has 1 aliphatic rings. The minimum Gasteiger partial charge on any atom is -0.353 e. The maximum atomic E-state index is 11.8. The Hall–Kier alpha value is -0.810. The third-order valence-electron chi connectivity index (χ3n) is 2.96. The van der Waals surface area contributed by atoms with Crippen molar-refractivity contribution in [2.45, 2.75) is 38.6 Å². The van der Waals surface area contributed by atoms with Crippen LogP contribution in [0, 0.1) is 5.92 Å². The number of carbonyl (C=O) groups is 2.